The van der Waals surface area contributed by atoms with E-state index in [4.69, 9.17) is 0 Å². The SMILES string of the molecule is CCc1cccc(C)c1NC(C)c1c(C)nn(C)c1C. The van der Waals surface area contributed by atoms with Crippen molar-refractivity contribution in [1.29, 1.82) is 0 Å². The van der Waals surface area contributed by atoms with Gasteiger partial charge in [-0.2, -0.15) is 5.10 Å². The van der Waals surface area contributed by atoms with Gasteiger partial charge in [-0.25, -0.2) is 0 Å². The van der Waals surface area contributed by atoms with Crippen LogP contribution in [0.25, 0.3) is 0 Å². The molecule has 1 aromatic carbocycles. The van der Waals surface area contributed by atoms with Gasteiger partial charge in [0.05, 0.1) is 11.7 Å². The normalized spacial score (nSPS) is 12.5. The molecule has 1 atom stereocenters. The zero-order chi connectivity index (χ0) is 14.9. The van der Waals surface area contributed by atoms with Gasteiger partial charge in [-0.3, -0.25) is 4.68 Å². The van der Waals surface area contributed by atoms with Crippen LogP contribution in [-0.4, -0.2) is 9.78 Å². The Morgan fingerprint density at radius 2 is 1.95 bits per heavy atom. The lowest BCUT2D eigenvalue weighted by atomic mass is 10.0. The first-order valence-electron chi connectivity index (χ1n) is 7.30. The highest BCUT2D eigenvalue weighted by atomic mass is 15.3. The zero-order valence-corrected chi connectivity index (χ0v) is 13.4. The topological polar surface area (TPSA) is 29.9 Å². The summed E-state index contributed by atoms with van der Waals surface area (Å²) in [5.41, 5.74) is 7.58. The van der Waals surface area contributed by atoms with Crippen LogP contribution in [0.1, 0.15) is 48.0 Å². The molecule has 1 unspecified atom stereocenters. The minimum Gasteiger partial charge on any atom is -0.378 e. The number of aromatic nitrogens is 2. The predicted molar refractivity (Wildman–Crippen MR) is 85.3 cm³/mol. The molecule has 1 N–H and O–H groups in total. The molecular formula is C17H25N3. The number of hydrogen-bond acceptors (Lipinski definition) is 2. The molecule has 0 fully saturated rings. The second-order valence-corrected chi connectivity index (χ2v) is 5.54. The van der Waals surface area contributed by atoms with E-state index in [0.717, 1.165) is 12.1 Å². The highest BCUT2D eigenvalue weighted by Gasteiger charge is 2.17. The van der Waals surface area contributed by atoms with Gasteiger partial charge < -0.3 is 5.32 Å². The summed E-state index contributed by atoms with van der Waals surface area (Å²) in [5, 5.41) is 8.20. The number of aryl methyl sites for hydroxylation is 4. The number of benzene rings is 1. The molecule has 0 aliphatic rings. The molecule has 1 heterocycles. The molecule has 1 aromatic heterocycles. The molecule has 0 aliphatic carbocycles. The summed E-state index contributed by atoms with van der Waals surface area (Å²) in [6.07, 6.45) is 1.04. The van der Waals surface area contributed by atoms with Gasteiger partial charge >= 0.3 is 0 Å². The molecule has 108 valence electrons. The fourth-order valence-electron chi connectivity index (χ4n) is 2.94. The lowest BCUT2D eigenvalue weighted by Gasteiger charge is -2.20. The number of para-hydroxylation sites is 1. The van der Waals surface area contributed by atoms with Crippen LogP contribution >= 0.6 is 0 Å². The summed E-state index contributed by atoms with van der Waals surface area (Å²) in [7, 11) is 2.00. The van der Waals surface area contributed by atoms with Gasteiger partial charge in [0.1, 0.15) is 0 Å². The van der Waals surface area contributed by atoms with E-state index in [1.54, 1.807) is 0 Å². The van der Waals surface area contributed by atoms with E-state index in [9.17, 15) is 0 Å². The third-order valence-electron chi connectivity index (χ3n) is 4.10. The van der Waals surface area contributed by atoms with Crippen LogP contribution in [0.15, 0.2) is 18.2 Å². The van der Waals surface area contributed by atoms with Crippen LogP contribution < -0.4 is 5.32 Å². The molecular weight excluding hydrogens is 246 g/mol. The average molecular weight is 271 g/mol. The van der Waals surface area contributed by atoms with E-state index < -0.39 is 0 Å². The van der Waals surface area contributed by atoms with Crippen LogP contribution in [-0.2, 0) is 13.5 Å². The van der Waals surface area contributed by atoms with Gasteiger partial charge in [-0.05, 0) is 45.2 Å². The van der Waals surface area contributed by atoms with Crippen molar-refractivity contribution in [3.05, 3.63) is 46.3 Å². The Morgan fingerprint density at radius 3 is 2.50 bits per heavy atom. The summed E-state index contributed by atoms with van der Waals surface area (Å²) < 4.78 is 1.96. The fraction of sp³-hybridized carbons (Fsp3) is 0.471. The van der Waals surface area contributed by atoms with Crippen LogP contribution in [0.2, 0.25) is 0 Å². The van der Waals surface area contributed by atoms with Gasteiger partial charge in [-0.15, -0.1) is 0 Å². The standard InChI is InChI=1S/C17H25N3/c1-7-15-10-8-9-11(2)17(15)18-12(3)16-13(4)19-20(6)14(16)5/h8-10,12,18H,7H2,1-6H3. The van der Waals surface area contributed by atoms with E-state index >= 15 is 0 Å². The zero-order valence-electron chi connectivity index (χ0n) is 13.4. The number of rotatable bonds is 4. The van der Waals surface area contributed by atoms with Crippen molar-refractivity contribution in [2.24, 2.45) is 7.05 Å². The van der Waals surface area contributed by atoms with E-state index in [1.807, 2.05) is 11.7 Å². The summed E-state index contributed by atoms with van der Waals surface area (Å²) >= 11 is 0. The van der Waals surface area contributed by atoms with Crippen LogP contribution in [0.3, 0.4) is 0 Å². The van der Waals surface area contributed by atoms with Crippen molar-refractivity contribution in [1.82, 2.24) is 9.78 Å². The molecule has 0 saturated carbocycles. The Morgan fingerprint density at radius 1 is 1.25 bits per heavy atom. The largest absolute Gasteiger partial charge is 0.378 e. The number of hydrogen-bond donors (Lipinski definition) is 1. The number of nitrogens with zero attached hydrogens (tertiary/aromatic N) is 2. The Hall–Kier alpha value is -1.77. The van der Waals surface area contributed by atoms with Crippen molar-refractivity contribution >= 4 is 5.69 Å². The molecule has 3 heteroatoms. The number of nitrogens with one attached hydrogen (secondary N) is 1. The van der Waals surface area contributed by atoms with Gasteiger partial charge in [0.25, 0.3) is 0 Å². The van der Waals surface area contributed by atoms with Gasteiger partial charge in [0.15, 0.2) is 0 Å². The van der Waals surface area contributed by atoms with Crippen LogP contribution in [0.4, 0.5) is 5.69 Å². The summed E-state index contributed by atoms with van der Waals surface area (Å²) in [6.45, 7) is 10.8. The molecule has 0 saturated heterocycles. The minimum atomic E-state index is 0.259. The summed E-state index contributed by atoms with van der Waals surface area (Å²) in [6, 6.07) is 6.75. The molecule has 20 heavy (non-hydrogen) atoms. The number of anilines is 1. The average Bonchev–Trinajstić information content (AvgIpc) is 2.65. The highest BCUT2D eigenvalue weighted by molar-refractivity contribution is 5.58. The van der Waals surface area contributed by atoms with E-state index in [0.29, 0.717) is 0 Å². The van der Waals surface area contributed by atoms with Crippen molar-refractivity contribution in [3.8, 4) is 0 Å². The van der Waals surface area contributed by atoms with Crippen molar-refractivity contribution in [2.45, 2.75) is 47.1 Å². The Bertz CT molecular complexity index is 611. The molecule has 3 nitrogen and oxygen atoms in total. The van der Waals surface area contributed by atoms with Crippen LogP contribution in [0.5, 0.6) is 0 Å². The maximum Gasteiger partial charge on any atom is 0.0649 e. The third-order valence-corrected chi connectivity index (χ3v) is 4.10. The molecule has 0 spiro atoms. The van der Waals surface area contributed by atoms with Crippen molar-refractivity contribution in [3.63, 3.8) is 0 Å². The van der Waals surface area contributed by atoms with Crippen molar-refractivity contribution in [2.75, 3.05) is 5.32 Å². The van der Waals surface area contributed by atoms with E-state index in [-0.39, 0.29) is 6.04 Å². The predicted octanol–water partition coefficient (Wildman–Crippen LogP) is 4.08. The van der Waals surface area contributed by atoms with Gasteiger partial charge in [0, 0.05) is 24.0 Å². The lowest BCUT2D eigenvalue weighted by Crippen LogP contribution is -2.11. The minimum absolute atomic E-state index is 0.259. The molecule has 0 aliphatic heterocycles. The van der Waals surface area contributed by atoms with Gasteiger partial charge in [0.2, 0.25) is 0 Å². The second-order valence-electron chi connectivity index (χ2n) is 5.54. The molecule has 2 aromatic rings. The second kappa shape index (κ2) is 5.70. The monoisotopic (exact) mass is 271 g/mol. The first-order chi connectivity index (χ1) is 9.45. The Balaban J connectivity index is 2.35. The summed E-state index contributed by atoms with van der Waals surface area (Å²) in [5.74, 6) is 0. The molecule has 0 amide bonds. The summed E-state index contributed by atoms with van der Waals surface area (Å²) in [4.78, 5) is 0. The lowest BCUT2D eigenvalue weighted by molar-refractivity contribution is 0.728. The van der Waals surface area contributed by atoms with E-state index in [2.05, 4.69) is 63.2 Å². The van der Waals surface area contributed by atoms with E-state index in [1.165, 1.54) is 28.1 Å². The first-order valence-corrected chi connectivity index (χ1v) is 7.30. The third kappa shape index (κ3) is 2.58. The quantitative estimate of drug-likeness (QED) is 0.908. The highest BCUT2D eigenvalue weighted by Crippen LogP contribution is 2.28. The Labute approximate surface area is 122 Å². The van der Waals surface area contributed by atoms with Gasteiger partial charge in [-0.1, -0.05) is 25.1 Å². The van der Waals surface area contributed by atoms with Crippen molar-refractivity contribution < 1.29 is 0 Å². The molecule has 0 radical (unpaired) electrons. The molecule has 2 rings (SSSR count). The fourth-order valence-corrected chi connectivity index (χ4v) is 2.94. The van der Waals surface area contributed by atoms with Crippen LogP contribution in [0, 0.1) is 20.8 Å². The molecule has 0 bridgehead atoms. The first kappa shape index (κ1) is 14.6. The Kier molecular flexibility index (Phi) is 4.17. The maximum atomic E-state index is 4.51. The maximum absolute atomic E-state index is 4.51. The smallest absolute Gasteiger partial charge is 0.0649 e.